The maximum absolute atomic E-state index is 12.5. The van der Waals surface area contributed by atoms with E-state index in [4.69, 9.17) is 9.47 Å². The fraction of sp³-hybridized carbons (Fsp3) is 0.471. The first-order chi connectivity index (χ1) is 12.4. The van der Waals surface area contributed by atoms with E-state index < -0.39 is 18.0 Å². The molecule has 1 aromatic rings. The minimum atomic E-state index is -0.837. The molecule has 3 rings (SSSR count). The van der Waals surface area contributed by atoms with E-state index in [-0.39, 0.29) is 25.7 Å². The average Bonchev–Trinajstić information content (AvgIpc) is 3.14. The van der Waals surface area contributed by atoms with E-state index in [0.29, 0.717) is 24.6 Å². The van der Waals surface area contributed by atoms with E-state index in [1.54, 1.807) is 18.2 Å². The van der Waals surface area contributed by atoms with Crippen LogP contribution in [0.25, 0.3) is 0 Å². The maximum Gasteiger partial charge on any atom is 0.325 e. The number of amides is 4. The van der Waals surface area contributed by atoms with Gasteiger partial charge in [0.1, 0.15) is 6.04 Å². The van der Waals surface area contributed by atoms with Gasteiger partial charge in [-0.2, -0.15) is 0 Å². The van der Waals surface area contributed by atoms with Gasteiger partial charge >= 0.3 is 6.03 Å². The van der Waals surface area contributed by atoms with Gasteiger partial charge in [-0.15, -0.1) is 0 Å². The monoisotopic (exact) mass is 362 g/mol. The molecule has 1 saturated heterocycles. The highest BCUT2D eigenvalue weighted by atomic mass is 16.7. The van der Waals surface area contributed by atoms with Crippen LogP contribution in [0.4, 0.5) is 4.79 Å². The van der Waals surface area contributed by atoms with Gasteiger partial charge in [-0.1, -0.05) is 6.07 Å². The van der Waals surface area contributed by atoms with Crippen LogP contribution in [-0.4, -0.2) is 67.7 Å². The van der Waals surface area contributed by atoms with Crippen LogP contribution in [0.3, 0.4) is 0 Å². The second kappa shape index (κ2) is 7.61. The van der Waals surface area contributed by atoms with Crippen LogP contribution in [0, 0.1) is 0 Å². The quantitative estimate of drug-likeness (QED) is 0.657. The molecule has 1 unspecified atom stereocenters. The molecule has 9 nitrogen and oxygen atoms in total. The van der Waals surface area contributed by atoms with Gasteiger partial charge in [0.05, 0.1) is 13.0 Å². The molecule has 0 aliphatic carbocycles. The molecule has 2 aliphatic rings. The molecule has 0 spiro atoms. The third kappa shape index (κ3) is 4.05. The van der Waals surface area contributed by atoms with Gasteiger partial charge in [-0.25, -0.2) is 4.79 Å². The van der Waals surface area contributed by atoms with Crippen molar-refractivity contribution in [1.82, 2.24) is 20.4 Å². The summed E-state index contributed by atoms with van der Waals surface area (Å²) in [6.45, 7) is 1.46. The molecule has 1 fully saturated rings. The Morgan fingerprint density at radius 2 is 2.08 bits per heavy atom. The van der Waals surface area contributed by atoms with E-state index in [1.165, 1.54) is 0 Å². The summed E-state index contributed by atoms with van der Waals surface area (Å²) >= 11 is 0. The van der Waals surface area contributed by atoms with Crippen LogP contribution >= 0.6 is 0 Å². The summed E-state index contributed by atoms with van der Waals surface area (Å²) < 4.78 is 10.5. The summed E-state index contributed by atoms with van der Waals surface area (Å²) in [6.07, 6.45) is -0.0738. The van der Waals surface area contributed by atoms with E-state index in [1.807, 2.05) is 19.0 Å². The van der Waals surface area contributed by atoms with E-state index in [9.17, 15) is 14.4 Å². The Balaban J connectivity index is 1.56. The van der Waals surface area contributed by atoms with Crippen molar-refractivity contribution in [2.45, 2.75) is 19.0 Å². The minimum Gasteiger partial charge on any atom is -0.454 e. The Morgan fingerprint density at radius 1 is 1.31 bits per heavy atom. The van der Waals surface area contributed by atoms with Gasteiger partial charge in [0, 0.05) is 13.1 Å². The smallest absolute Gasteiger partial charge is 0.325 e. The molecule has 2 heterocycles. The highest BCUT2D eigenvalue weighted by Crippen LogP contribution is 2.33. The standard InChI is InChI=1S/C17H22N4O5/c1-20(2)6-5-18-15(22)8-12-16(23)21(17(24)19-12)9-11-3-4-13-14(7-11)26-10-25-13/h3-4,7,12H,5-6,8-10H2,1-2H3,(H,18,22)(H,19,24). The van der Waals surface area contributed by atoms with Crippen LogP contribution in [0.15, 0.2) is 18.2 Å². The van der Waals surface area contributed by atoms with Crippen molar-refractivity contribution in [1.29, 1.82) is 0 Å². The zero-order chi connectivity index (χ0) is 18.7. The molecule has 0 aromatic heterocycles. The molecule has 0 saturated carbocycles. The van der Waals surface area contributed by atoms with Crippen molar-refractivity contribution in [3.05, 3.63) is 23.8 Å². The number of likely N-dealkylation sites (N-methyl/N-ethyl adjacent to an activating group) is 1. The van der Waals surface area contributed by atoms with Crippen molar-refractivity contribution in [3.63, 3.8) is 0 Å². The summed E-state index contributed by atoms with van der Waals surface area (Å²) in [5.41, 5.74) is 0.744. The first-order valence-corrected chi connectivity index (χ1v) is 8.36. The lowest BCUT2D eigenvalue weighted by Gasteiger charge is -2.14. The van der Waals surface area contributed by atoms with Crippen LogP contribution in [0.5, 0.6) is 11.5 Å². The summed E-state index contributed by atoms with van der Waals surface area (Å²) in [7, 11) is 3.81. The summed E-state index contributed by atoms with van der Waals surface area (Å²) in [4.78, 5) is 39.6. The van der Waals surface area contributed by atoms with Crippen LogP contribution in [-0.2, 0) is 16.1 Å². The van der Waals surface area contributed by atoms with Gasteiger partial charge in [0.15, 0.2) is 11.5 Å². The van der Waals surface area contributed by atoms with E-state index in [0.717, 1.165) is 10.5 Å². The number of fused-ring (bicyclic) bond motifs is 1. The Bertz CT molecular complexity index is 721. The first kappa shape index (κ1) is 18.0. The average molecular weight is 362 g/mol. The number of hydrogen-bond donors (Lipinski definition) is 2. The summed E-state index contributed by atoms with van der Waals surface area (Å²) in [5.74, 6) is 0.551. The Morgan fingerprint density at radius 3 is 2.85 bits per heavy atom. The van der Waals surface area contributed by atoms with Gasteiger partial charge in [0.25, 0.3) is 5.91 Å². The first-order valence-electron chi connectivity index (χ1n) is 8.36. The molecule has 1 atom stereocenters. The molecular weight excluding hydrogens is 340 g/mol. The minimum absolute atomic E-state index is 0.0738. The van der Waals surface area contributed by atoms with Gasteiger partial charge in [-0.3, -0.25) is 14.5 Å². The lowest BCUT2D eigenvalue weighted by Crippen LogP contribution is -2.38. The number of rotatable bonds is 7. The van der Waals surface area contributed by atoms with Gasteiger partial charge < -0.3 is 25.0 Å². The molecule has 9 heteroatoms. The number of imide groups is 1. The fourth-order valence-corrected chi connectivity index (χ4v) is 2.76. The number of hydrogen-bond acceptors (Lipinski definition) is 6. The lowest BCUT2D eigenvalue weighted by molar-refractivity contribution is -0.131. The predicted molar refractivity (Wildman–Crippen MR) is 91.6 cm³/mol. The number of carbonyl (C=O) groups excluding carboxylic acids is 3. The normalized spacial score (nSPS) is 18.4. The van der Waals surface area contributed by atoms with Crippen LogP contribution in [0.2, 0.25) is 0 Å². The highest BCUT2D eigenvalue weighted by molar-refractivity contribution is 6.05. The van der Waals surface area contributed by atoms with Crippen molar-refractivity contribution in [2.75, 3.05) is 34.0 Å². The van der Waals surface area contributed by atoms with Crippen molar-refractivity contribution in [3.8, 4) is 11.5 Å². The molecule has 1 aromatic carbocycles. The molecule has 140 valence electrons. The number of nitrogens with zero attached hydrogens (tertiary/aromatic N) is 2. The van der Waals surface area contributed by atoms with E-state index in [2.05, 4.69) is 10.6 Å². The lowest BCUT2D eigenvalue weighted by atomic mass is 10.1. The van der Waals surface area contributed by atoms with E-state index >= 15 is 0 Å². The molecule has 4 amide bonds. The molecule has 26 heavy (non-hydrogen) atoms. The Hall–Kier alpha value is -2.81. The third-order valence-corrected chi connectivity index (χ3v) is 4.16. The Labute approximate surface area is 151 Å². The second-order valence-electron chi connectivity index (χ2n) is 6.47. The van der Waals surface area contributed by atoms with Crippen molar-refractivity contribution >= 4 is 17.8 Å². The summed E-state index contributed by atoms with van der Waals surface area (Å²) in [5, 5.41) is 5.30. The fourth-order valence-electron chi connectivity index (χ4n) is 2.76. The largest absolute Gasteiger partial charge is 0.454 e. The second-order valence-corrected chi connectivity index (χ2v) is 6.47. The van der Waals surface area contributed by atoms with Crippen LogP contribution in [0.1, 0.15) is 12.0 Å². The molecular formula is C17H22N4O5. The maximum atomic E-state index is 12.5. The molecule has 2 aliphatic heterocycles. The molecule has 0 bridgehead atoms. The molecule has 2 N–H and O–H groups in total. The topological polar surface area (TPSA) is 100 Å². The molecule has 0 radical (unpaired) electrons. The number of carbonyl (C=O) groups is 3. The highest BCUT2D eigenvalue weighted by Gasteiger charge is 2.39. The summed E-state index contributed by atoms with van der Waals surface area (Å²) in [6, 6.07) is 3.92. The zero-order valence-corrected chi connectivity index (χ0v) is 14.8. The number of ether oxygens (including phenoxy) is 2. The number of urea groups is 1. The SMILES string of the molecule is CN(C)CCNC(=O)CC1NC(=O)N(Cc2ccc3c(c2)OCO3)C1=O. The number of benzene rings is 1. The predicted octanol–water partition coefficient (Wildman–Crippen LogP) is -0.0964. The van der Waals surface area contributed by atoms with Gasteiger partial charge in [-0.05, 0) is 31.8 Å². The Kier molecular flexibility index (Phi) is 5.27. The van der Waals surface area contributed by atoms with Crippen LogP contribution < -0.4 is 20.1 Å². The third-order valence-electron chi connectivity index (χ3n) is 4.16. The van der Waals surface area contributed by atoms with Gasteiger partial charge in [0.2, 0.25) is 12.7 Å². The zero-order valence-electron chi connectivity index (χ0n) is 14.8. The van der Waals surface area contributed by atoms with Crippen molar-refractivity contribution < 1.29 is 23.9 Å². The van der Waals surface area contributed by atoms with Crippen molar-refractivity contribution in [2.24, 2.45) is 0 Å². The number of nitrogens with one attached hydrogen (secondary N) is 2.